The molecule has 0 unspecified atom stereocenters. The van der Waals surface area contributed by atoms with E-state index < -0.39 is 0 Å². The summed E-state index contributed by atoms with van der Waals surface area (Å²) in [4.78, 5) is 12.7. The molecule has 0 aliphatic heterocycles. The second-order valence-corrected chi connectivity index (χ2v) is 10.7. The maximum atomic E-state index is 12.7. The van der Waals surface area contributed by atoms with E-state index in [1.807, 2.05) is 133 Å². The Morgan fingerprint density at radius 2 is 1.52 bits per heavy atom. The molecule has 0 fully saturated rings. The number of aryl methyl sites for hydroxylation is 1. The van der Waals surface area contributed by atoms with E-state index in [1.54, 1.807) is 10.9 Å². The molecule has 9 nitrogen and oxygen atoms in total. The summed E-state index contributed by atoms with van der Waals surface area (Å²) in [6.07, 6.45) is 3.50. The highest BCUT2D eigenvalue weighted by Crippen LogP contribution is 2.26. The highest BCUT2D eigenvalue weighted by molar-refractivity contribution is 7.99. The number of thioether (sulfide) groups is 1. The standard InChI is InChI=1S/C34H29N7O2S/c1-25-36-38-34(41(25)30-15-9-4-10-16-30)44-24-32(42)37-35-21-28-22-40(29-13-7-3-8-14-29)39-33(28)27-17-19-31(20-18-27)43-23-26-11-5-2-6-12-26/h2-22H,23-24H2,1H3,(H,37,42)/b35-21+. The normalized spacial score (nSPS) is 11.1. The van der Waals surface area contributed by atoms with Gasteiger partial charge in [-0.1, -0.05) is 78.5 Å². The summed E-state index contributed by atoms with van der Waals surface area (Å²) in [7, 11) is 0. The van der Waals surface area contributed by atoms with Crippen molar-refractivity contribution in [3.63, 3.8) is 0 Å². The zero-order valence-corrected chi connectivity index (χ0v) is 24.8. The number of nitrogens with zero attached hydrogens (tertiary/aromatic N) is 6. The van der Waals surface area contributed by atoms with Crippen molar-refractivity contribution < 1.29 is 9.53 Å². The van der Waals surface area contributed by atoms with Crippen LogP contribution in [0.5, 0.6) is 5.75 Å². The molecule has 2 heterocycles. The van der Waals surface area contributed by atoms with Crippen LogP contribution < -0.4 is 10.2 Å². The van der Waals surface area contributed by atoms with E-state index in [-0.39, 0.29) is 11.7 Å². The van der Waals surface area contributed by atoms with E-state index in [0.717, 1.165) is 45.3 Å². The number of ether oxygens (including phenoxy) is 1. The number of hydrogen-bond donors (Lipinski definition) is 1. The molecule has 218 valence electrons. The van der Waals surface area contributed by atoms with Crippen LogP contribution in [-0.2, 0) is 11.4 Å². The van der Waals surface area contributed by atoms with Gasteiger partial charge >= 0.3 is 0 Å². The lowest BCUT2D eigenvalue weighted by Crippen LogP contribution is -2.20. The van der Waals surface area contributed by atoms with Gasteiger partial charge in [0.05, 0.1) is 17.7 Å². The monoisotopic (exact) mass is 599 g/mol. The van der Waals surface area contributed by atoms with Crippen molar-refractivity contribution in [1.82, 2.24) is 30.0 Å². The average Bonchev–Trinajstić information content (AvgIpc) is 3.67. The number of amides is 1. The van der Waals surface area contributed by atoms with Crippen LogP contribution in [0, 0.1) is 6.92 Å². The third-order valence-corrected chi connectivity index (χ3v) is 7.60. The number of aromatic nitrogens is 5. The second kappa shape index (κ2) is 13.7. The Hall–Kier alpha value is -5.48. The number of carbonyl (C=O) groups excluding carboxylic acids is 1. The number of carbonyl (C=O) groups is 1. The lowest BCUT2D eigenvalue weighted by molar-refractivity contribution is -0.118. The first-order valence-electron chi connectivity index (χ1n) is 14.0. The van der Waals surface area contributed by atoms with Gasteiger partial charge in [-0.3, -0.25) is 9.36 Å². The predicted molar refractivity (Wildman–Crippen MR) is 172 cm³/mol. The molecule has 0 aliphatic rings. The van der Waals surface area contributed by atoms with Crippen LogP contribution in [0.1, 0.15) is 17.0 Å². The van der Waals surface area contributed by atoms with E-state index in [0.29, 0.717) is 11.8 Å². The lowest BCUT2D eigenvalue weighted by Gasteiger charge is -2.07. The molecule has 0 radical (unpaired) electrons. The Kier molecular flexibility index (Phi) is 8.89. The number of nitrogens with one attached hydrogen (secondary N) is 1. The molecule has 0 saturated carbocycles. The fraction of sp³-hybridized carbons (Fsp3) is 0.0882. The van der Waals surface area contributed by atoms with E-state index in [9.17, 15) is 4.79 Å². The van der Waals surface area contributed by atoms with Crippen molar-refractivity contribution in [2.45, 2.75) is 18.7 Å². The van der Waals surface area contributed by atoms with Gasteiger partial charge in [0.1, 0.15) is 23.9 Å². The van der Waals surface area contributed by atoms with Crippen LogP contribution in [0.25, 0.3) is 22.6 Å². The smallest absolute Gasteiger partial charge is 0.250 e. The van der Waals surface area contributed by atoms with Gasteiger partial charge in [-0.2, -0.15) is 10.2 Å². The van der Waals surface area contributed by atoms with Gasteiger partial charge in [0.2, 0.25) is 0 Å². The van der Waals surface area contributed by atoms with Crippen molar-refractivity contribution in [3.05, 3.63) is 138 Å². The molecule has 6 aromatic rings. The summed E-state index contributed by atoms with van der Waals surface area (Å²) < 4.78 is 9.67. The molecule has 10 heteroatoms. The third kappa shape index (κ3) is 6.93. The first-order chi connectivity index (χ1) is 21.6. The quantitative estimate of drug-likeness (QED) is 0.107. The van der Waals surface area contributed by atoms with E-state index in [1.165, 1.54) is 11.8 Å². The molecule has 4 aromatic carbocycles. The Bertz CT molecular complexity index is 1850. The number of rotatable bonds is 11. The van der Waals surface area contributed by atoms with E-state index in [2.05, 4.69) is 20.7 Å². The summed E-state index contributed by atoms with van der Waals surface area (Å²) in [6.45, 7) is 2.37. The average molecular weight is 600 g/mol. The Morgan fingerprint density at radius 3 is 2.23 bits per heavy atom. The van der Waals surface area contributed by atoms with Gasteiger partial charge in [-0.25, -0.2) is 10.1 Å². The number of para-hydroxylation sites is 2. The van der Waals surface area contributed by atoms with Crippen molar-refractivity contribution in [2.24, 2.45) is 5.10 Å². The number of hydrazone groups is 1. The summed E-state index contributed by atoms with van der Waals surface area (Å²) in [5, 5.41) is 18.1. The SMILES string of the molecule is Cc1nnc(SCC(=O)N/N=C/c2cn(-c3ccccc3)nc2-c2ccc(OCc3ccccc3)cc2)n1-c1ccccc1. The molecular weight excluding hydrogens is 570 g/mol. The molecule has 0 saturated heterocycles. The molecule has 6 rings (SSSR count). The minimum Gasteiger partial charge on any atom is -0.489 e. The first kappa shape index (κ1) is 28.6. The van der Waals surface area contributed by atoms with Gasteiger partial charge in [-0.05, 0) is 61.0 Å². The van der Waals surface area contributed by atoms with Crippen LogP contribution in [-0.4, -0.2) is 42.4 Å². The van der Waals surface area contributed by atoms with Crippen molar-refractivity contribution >= 4 is 23.9 Å². The van der Waals surface area contributed by atoms with Crippen molar-refractivity contribution in [3.8, 4) is 28.4 Å². The molecule has 0 aliphatic carbocycles. The van der Waals surface area contributed by atoms with Gasteiger partial charge in [-0.15, -0.1) is 10.2 Å². The van der Waals surface area contributed by atoms with Crippen LogP contribution in [0.4, 0.5) is 0 Å². The van der Waals surface area contributed by atoms with Crippen LogP contribution in [0.3, 0.4) is 0 Å². The Balaban J connectivity index is 1.15. The van der Waals surface area contributed by atoms with Gasteiger partial charge in [0.25, 0.3) is 5.91 Å². The molecule has 1 N–H and O–H groups in total. The van der Waals surface area contributed by atoms with Crippen molar-refractivity contribution in [2.75, 3.05) is 5.75 Å². The van der Waals surface area contributed by atoms with Crippen LogP contribution in [0.2, 0.25) is 0 Å². The summed E-state index contributed by atoms with van der Waals surface area (Å²) in [5.41, 5.74) is 7.95. The zero-order valence-electron chi connectivity index (χ0n) is 23.9. The third-order valence-electron chi connectivity index (χ3n) is 6.67. The highest BCUT2D eigenvalue weighted by atomic mass is 32.2. The molecule has 0 bridgehead atoms. The minimum absolute atomic E-state index is 0.128. The number of benzene rings is 4. The van der Waals surface area contributed by atoms with Gasteiger partial charge in [0.15, 0.2) is 5.16 Å². The largest absolute Gasteiger partial charge is 0.489 e. The van der Waals surface area contributed by atoms with Gasteiger partial charge in [0, 0.05) is 23.0 Å². The van der Waals surface area contributed by atoms with E-state index >= 15 is 0 Å². The Morgan fingerprint density at radius 1 is 0.864 bits per heavy atom. The summed E-state index contributed by atoms with van der Waals surface area (Å²) >= 11 is 1.30. The molecule has 0 spiro atoms. The lowest BCUT2D eigenvalue weighted by atomic mass is 10.1. The summed E-state index contributed by atoms with van der Waals surface area (Å²) in [5.74, 6) is 1.38. The second-order valence-electron chi connectivity index (χ2n) is 9.79. The fourth-order valence-corrected chi connectivity index (χ4v) is 5.31. The van der Waals surface area contributed by atoms with E-state index in [4.69, 9.17) is 9.84 Å². The maximum Gasteiger partial charge on any atom is 0.250 e. The molecule has 1 amide bonds. The zero-order chi connectivity index (χ0) is 30.1. The fourth-order valence-electron chi connectivity index (χ4n) is 4.52. The first-order valence-corrected chi connectivity index (χ1v) is 15.0. The predicted octanol–water partition coefficient (Wildman–Crippen LogP) is 6.25. The molecule has 2 aromatic heterocycles. The summed E-state index contributed by atoms with van der Waals surface area (Å²) in [6, 6.07) is 37.5. The van der Waals surface area contributed by atoms with Crippen molar-refractivity contribution in [1.29, 1.82) is 0 Å². The topological polar surface area (TPSA) is 99.2 Å². The molecule has 0 atom stereocenters. The molecule has 44 heavy (non-hydrogen) atoms. The van der Waals surface area contributed by atoms with Crippen LogP contribution in [0.15, 0.2) is 132 Å². The highest BCUT2D eigenvalue weighted by Gasteiger charge is 2.14. The number of hydrogen-bond acceptors (Lipinski definition) is 7. The molecular formula is C34H29N7O2S. The minimum atomic E-state index is -0.261. The Labute approximate surface area is 259 Å². The maximum absolute atomic E-state index is 12.7. The van der Waals surface area contributed by atoms with Gasteiger partial charge < -0.3 is 4.74 Å². The van der Waals surface area contributed by atoms with Crippen LogP contribution >= 0.6 is 11.8 Å².